The Morgan fingerprint density at radius 3 is 2.59 bits per heavy atom. The van der Waals surface area contributed by atoms with Crippen molar-refractivity contribution >= 4 is 15.7 Å². The number of rotatable bonds is 2. The number of sulfonamides is 1. The number of nitrogens with zero attached hydrogens (tertiary/aromatic N) is 2. The van der Waals surface area contributed by atoms with Crippen molar-refractivity contribution in [3.8, 4) is 0 Å². The summed E-state index contributed by atoms with van der Waals surface area (Å²) >= 11 is 0. The van der Waals surface area contributed by atoms with Gasteiger partial charge in [-0.25, -0.2) is 8.42 Å². The average Bonchev–Trinajstić information content (AvgIpc) is 2.33. The summed E-state index contributed by atoms with van der Waals surface area (Å²) in [5.74, 6) is 0. The molecule has 0 fully saturated rings. The van der Waals surface area contributed by atoms with Crippen molar-refractivity contribution in [2.45, 2.75) is 12.2 Å². The van der Waals surface area contributed by atoms with Gasteiger partial charge < -0.3 is 4.90 Å². The monoisotopic (exact) mass is 252 g/mol. The van der Waals surface area contributed by atoms with Gasteiger partial charge in [0.25, 0.3) is 10.0 Å². The molecule has 0 N–H and O–H groups in total. The third-order valence-electron chi connectivity index (χ3n) is 2.95. The van der Waals surface area contributed by atoms with E-state index in [0.29, 0.717) is 5.56 Å². The summed E-state index contributed by atoms with van der Waals surface area (Å²) in [6, 6.07) is 7.09. The van der Waals surface area contributed by atoms with Crippen LogP contribution in [-0.4, -0.2) is 15.5 Å². The Hall–Kier alpha value is -1.69. The first-order valence-electron chi connectivity index (χ1n) is 5.07. The van der Waals surface area contributed by atoms with E-state index in [0.717, 1.165) is 11.4 Å². The molecule has 5 nitrogen and oxygen atoms in total. The second-order valence-electron chi connectivity index (χ2n) is 3.94. The van der Waals surface area contributed by atoms with Crippen LogP contribution in [-0.2, 0) is 10.0 Å². The minimum atomic E-state index is -4.02. The summed E-state index contributed by atoms with van der Waals surface area (Å²) in [5, 5.41) is -0.979. The number of hydrogen-bond acceptors (Lipinski definition) is 4. The standard InChI is InChI=1S/C11H12N2O3S/c1-8-7-11(17(15,16)12-14)9-5-3-4-6-10(9)13(8)2/h3-7,11H,1-2H3. The quantitative estimate of drug-likeness (QED) is 0.756. The molecule has 1 unspecified atom stereocenters. The minimum Gasteiger partial charge on any atom is -0.348 e. The Morgan fingerprint density at radius 2 is 1.94 bits per heavy atom. The summed E-state index contributed by atoms with van der Waals surface area (Å²) in [5.41, 5.74) is 2.14. The zero-order valence-corrected chi connectivity index (χ0v) is 10.3. The maximum atomic E-state index is 11.6. The number of benzene rings is 1. The van der Waals surface area contributed by atoms with Crippen molar-refractivity contribution < 1.29 is 8.42 Å². The van der Waals surface area contributed by atoms with Crippen LogP contribution < -0.4 is 4.90 Å². The van der Waals surface area contributed by atoms with Gasteiger partial charge in [0.05, 0.1) is 4.58 Å². The van der Waals surface area contributed by atoms with Crippen LogP contribution in [0.15, 0.2) is 40.6 Å². The van der Waals surface area contributed by atoms with Crippen molar-refractivity contribution in [2.24, 2.45) is 4.58 Å². The largest absolute Gasteiger partial charge is 0.348 e. The fraction of sp³-hybridized carbons (Fsp3) is 0.273. The Labute approximate surface area is 99.8 Å². The minimum absolute atomic E-state index is 0.584. The van der Waals surface area contributed by atoms with E-state index in [9.17, 15) is 13.3 Å². The SMILES string of the molecule is CC1=CC(S(=O)(=O)N=O)c2ccccc2N1C. The van der Waals surface area contributed by atoms with Crippen LogP contribution in [0.25, 0.3) is 0 Å². The molecule has 1 heterocycles. The average molecular weight is 252 g/mol. The van der Waals surface area contributed by atoms with Gasteiger partial charge in [0.1, 0.15) is 5.25 Å². The molecule has 0 radical (unpaired) electrons. The molecule has 1 atom stereocenters. The Balaban J connectivity index is 2.67. The molecular weight excluding hydrogens is 240 g/mol. The van der Waals surface area contributed by atoms with Gasteiger partial charge in [0, 0.05) is 18.4 Å². The first kappa shape index (κ1) is 11.8. The van der Waals surface area contributed by atoms with Crippen molar-refractivity contribution in [1.82, 2.24) is 0 Å². The fourth-order valence-corrected chi connectivity index (χ4v) is 2.92. The molecule has 0 aliphatic carbocycles. The lowest BCUT2D eigenvalue weighted by Crippen LogP contribution is -2.24. The number of fused-ring (bicyclic) bond motifs is 1. The molecule has 1 aliphatic heterocycles. The Kier molecular flexibility index (Phi) is 2.74. The Morgan fingerprint density at radius 1 is 1.29 bits per heavy atom. The van der Waals surface area contributed by atoms with Crippen LogP contribution in [0.2, 0.25) is 0 Å². The van der Waals surface area contributed by atoms with Crippen LogP contribution in [0.5, 0.6) is 0 Å². The molecule has 0 aromatic heterocycles. The number of para-hydroxylation sites is 1. The van der Waals surface area contributed by atoms with E-state index >= 15 is 0 Å². The molecule has 17 heavy (non-hydrogen) atoms. The van der Waals surface area contributed by atoms with Crippen molar-refractivity contribution in [3.05, 3.63) is 46.5 Å². The molecule has 6 heteroatoms. The molecule has 0 spiro atoms. The zero-order valence-electron chi connectivity index (χ0n) is 9.49. The van der Waals surface area contributed by atoms with E-state index in [1.54, 1.807) is 25.1 Å². The van der Waals surface area contributed by atoms with Gasteiger partial charge in [0.2, 0.25) is 0 Å². The molecule has 1 aromatic carbocycles. The predicted molar refractivity (Wildman–Crippen MR) is 66.1 cm³/mol. The molecular formula is C11H12N2O3S. The van der Waals surface area contributed by atoms with Gasteiger partial charge in [-0.2, -0.15) is 0 Å². The summed E-state index contributed by atoms with van der Waals surface area (Å²) in [7, 11) is -2.18. The molecule has 0 saturated carbocycles. The normalized spacial score (nSPS) is 19.5. The van der Waals surface area contributed by atoms with Gasteiger partial charge in [-0.15, -0.1) is 4.91 Å². The molecule has 90 valence electrons. The van der Waals surface area contributed by atoms with E-state index in [1.165, 1.54) is 0 Å². The highest BCUT2D eigenvalue weighted by Gasteiger charge is 2.32. The number of nitroso groups, excluding NO2 is 1. The van der Waals surface area contributed by atoms with Crippen LogP contribution in [0, 0.1) is 4.91 Å². The predicted octanol–water partition coefficient (Wildman–Crippen LogP) is 2.18. The zero-order chi connectivity index (χ0) is 12.6. The maximum Gasteiger partial charge on any atom is 0.298 e. The summed E-state index contributed by atoms with van der Waals surface area (Å²) in [6.07, 6.45) is 1.54. The number of hydrogen-bond donors (Lipinski definition) is 0. The highest BCUT2D eigenvalue weighted by atomic mass is 32.2. The van der Waals surface area contributed by atoms with E-state index < -0.39 is 15.3 Å². The number of allylic oxidation sites excluding steroid dienone is 1. The van der Waals surface area contributed by atoms with E-state index in [4.69, 9.17) is 0 Å². The van der Waals surface area contributed by atoms with Crippen molar-refractivity contribution in [3.63, 3.8) is 0 Å². The van der Waals surface area contributed by atoms with E-state index in [2.05, 4.69) is 4.58 Å². The van der Waals surface area contributed by atoms with Gasteiger partial charge in [-0.05, 0) is 24.6 Å². The second-order valence-corrected chi connectivity index (χ2v) is 5.62. The topological polar surface area (TPSA) is 66.8 Å². The van der Waals surface area contributed by atoms with Crippen LogP contribution in [0.3, 0.4) is 0 Å². The van der Waals surface area contributed by atoms with E-state index in [1.807, 2.05) is 24.1 Å². The summed E-state index contributed by atoms with van der Waals surface area (Å²) < 4.78 is 25.5. The van der Waals surface area contributed by atoms with Crippen LogP contribution in [0.1, 0.15) is 17.7 Å². The first-order valence-corrected chi connectivity index (χ1v) is 6.57. The molecule has 0 bridgehead atoms. The van der Waals surface area contributed by atoms with Crippen LogP contribution >= 0.6 is 0 Å². The summed E-state index contributed by atoms with van der Waals surface area (Å²) in [6.45, 7) is 1.79. The van der Waals surface area contributed by atoms with Gasteiger partial charge in [-0.1, -0.05) is 18.2 Å². The lowest BCUT2D eigenvalue weighted by molar-refractivity contribution is 0.591. The lowest BCUT2D eigenvalue weighted by Gasteiger charge is -2.30. The van der Waals surface area contributed by atoms with Crippen LogP contribution in [0.4, 0.5) is 5.69 Å². The Bertz CT molecular complexity index is 592. The first-order chi connectivity index (χ1) is 7.97. The molecule has 2 rings (SSSR count). The van der Waals surface area contributed by atoms with Crippen molar-refractivity contribution in [1.29, 1.82) is 0 Å². The highest BCUT2D eigenvalue weighted by Crippen LogP contribution is 2.38. The fourth-order valence-electron chi connectivity index (χ4n) is 1.94. The lowest BCUT2D eigenvalue weighted by atomic mass is 10.0. The molecule has 1 aromatic rings. The van der Waals surface area contributed by atoms with Gasteiger partial charge in [0.15, 0.2) is 0 Å². The second kappa shape index (κ2) is 3.96. The molecule has 0 amide bonds. The summed E-state index contributed by atoms with van der Waals surface area (Å²) in [4.78, 5) is 12.3. The highest BCUT2D eigenvalue weighted by molar-refractivity contribution is 7.90. The van der Waals surface area contributed by atoms with E-state index in [-0.39, 0.29) is 0 Å². The smallest absolute Gasteiger partial charge is 0.298 e. The molecule has 0 saturated heterocycles. The third-order valence-corrected chi connectivity index (χ3v) is 4.19. The van der Waals surface area contributed by atoms with Crippen molar-refractivity contribution in [2.75, 3.05) is 11.9 Å². The molecule has 1 aliphatic rings. The number of anilines is 1. The van der Waals surface area contributed by atoms with Gasteiger partial charge >= 0.3 is 0 Å². The van der Waals surface area contributed by atoms with Gasteiger partial charge in [-0.3, -0.25) is 0 Å². The maximum absolute atomic E-state index is 11.6. The third kappa shape index (κ3) is 1.84.